The molecule has 0 saturated heterocycles. The summed E-state index contributed by atoms with van der Waals surface area (Å²) in [6.07, 6.45) is 7.86. The molecule has 1 heterocycles. The van der Waals surface area contributed by atoms with Crippen LogP contribution in [0.4, 0.5) is 0 Å². The van der Waals surface area contributed by atoms with Crippen molar-refractivity contribution in [1.29, 1.82) is 0 Å². The number of hydrogen-bond donors (Lipinski definition) is 2. The van der Waals surface area contributed by atoms with Crippen LogP contribution >= 0.6 is 0 Å². The minimum atomic E-state index is 0.0927. The van der Waals surface area contributed by atoms with E-state index >= 15 is 0 Å². The predicted octanol–water partition coefficient (Wildman–Crippen LogP) is 5.60. The maximum absolute atomic E-state index is 11.8. The van der Waals surface area contributed by atoms with Crippen LogP contribution in [0.5, 0.6) is 0 Å². The number of benzene rings is 3. The smallest absolute Gasteiger partial charge is 0.220 e. The van der Waals surface area contributed by atoms with Gasteiger partial charge in [-0.05, 0) is 47.7 Å². The van der Waals surface area contributed by atoms with Gasteiger partial charge in [0, 0.05) is 49.5 Å². The Morgan fingerprint density at radius 1 is 0.771 bits per heavy atom. The van der Waals surface area contributed by atoms with E-state index in [0.717, 1.165) is 25.8 Å². The number of nitrogens with zero attached hydrogens (tertiary/aromatic N) is 1. The highest BCUT2D eigenvalue weighted by atomic mass is 16.1. The average Bonchev–Trinajstić information content (AvgIpc) is 2.91. The number of para-hydroxylation sites is 1. The molecule has 0 spiro atoms. The highest BCUT2D eigenvalue weighted by Crippen LogP contribution is 2.20. The fraction of sp³-hybridized carbons (Fsp3) is 0.226. The SMILES string of the molecule is NCCNC(=O)CCCCC[n+]1c(/C=C/c2ccc(-c3ccccc3)cc2)ccc2ccccc21. The second-order valence-electron chi connectivity index (χ2n) is 8.74. The van der Waals surface area contributed by atoms with E-state index in [-0.39, 0.29) is 5.91 Å². The number of carbonyl (C=O) groups excluding carboxylic acids is 1. The number of nitrogens with one attached hydrogen (secondary N) is 1. The van der Waals surface area contributed by atoms with Crippen molar-refractivity contribution < 1.29 is 9.36 Å². The van der Waals surface area contributed by atoms with Crippen molar-refractivity contribution in [1.82, 2.24) is 5.32 Å². The predicted molar refractivity (Wildman–Crippen MR) is 145 cm³/mol. The second-order valence-corrected chi connectivity index (χ2v) is 8.74. The summed E-state index contributed by atoms with van der Waals surface area (Å²) in [5.41, 5.74) is 11.5. The number of fused-ring (bicyclic) bond motifs is 1. The summed E-state index contributed by atoms with van der Waals surface area (Å²) in [5, 5.41) is 4.08. The second kappa shape index (κ2) is 12.6. The first kappa shape index (κ1) is 24.4. The van der Waals surface area contributed by atoms with E-state index in [9.17, 15) is 4.79 Å². The molecule has 3 N–H and O–H groups in total. The highest BCUT2D eigenvalue weighted by Gasteiger charge is 2.13. The molecule has 35 heavy (non-hydrogen) atoms. The number of hydrogen-bond acceptors (Lipinski definition) is 2. The van der Waals surface area contributed by atoms with Crippen molar-refractivity contribution in [3.8, 4) is 11.1 Å². The Morgan fingerprint density at radius 2 is 1.51 bits per heavy atom. The Labute approximate surface area is 208 Å². The summed E-state index contributed by atoms with van der Waals surface area (Å²) in [4.78, 5) is 11.8. The molecule has 1 amide bonds. The third-order valence-electron chi connectivity index (χ3n) is 6.19. The Hall–Kier alpha value is -3.76. The van der Waals surface area contributed by atoms with Gasteiger partial charge in [-0.3, -0.25) is 4.79 Å². The molecule has 0 radical (unpaired) electrons. The van der Waals surface area contributed by atoms with Crippen molar-refractivity contribution in [2.45, 2.75) is 32.2 Å². The summed E-state index contributed by atoms with van der Waals surface area (Å²) < 4.78 is 2.39. The van der Waals surface area contributed by atoms with E-state index in [0.29, 0.717) is 19.5 Å². The zero-order valence-electron chi connectivity index (χ0n) is 20.2. The maximum atomic E-state index is 11.8. The summed E-state index contributed by atoms with van der Waals surface area (Å²) in [5.74, 6) is 0.0927. The van der Waals surface area contributed by atoms with E-state index < -0.39 is 0 Å². The highest BCUT2D eigenvalue weighted by molar-refractivity contribution is 5.77. The summed E-state index contributed by atoms with van der Waals surface area (Å²) in [7, 11) is 0. The normalized spacial score (nSPS) is 11.2. The minimum absolute atomic E-state index is 0.0927. The van der Waals surface area contributed by atoms with Gasteiger partial charge in [-0.1, -0.05) is 66.7 Å². The van der Waals surface area contributed by atoms with Gasteiger partial charge in [-0.25, -0.2) is 0 Å². The van der Waals surface area contributed by atoms with E-state index in [1.165, 1.54) is 33.3 Å². The number of aromatic nitrogens is 1. The van der Waals surface area contributed by atoms with Gasteiger partial charge in [-0.15, -0.1) is 0 Å². The van der Waals surface area contributed by atoms with Gasteiger partial charge < -0.3 is 11.1 Å². The number of pyridine rings is 1. The van der Waals surface area contributed by atoms with Crippen molar-refractivity contribution >= 4 is 29.0 Å². The van der Waals surface area contributed by atoms with Gasteiger partial charge in [0.25, 0.3) is 0 Å². The van der Waals surface area contributed by atoms with E-state index in [1.807, 2.05) is 6.07 Å². The molecule has 0 saturated carbocycles. The maximum Gasteiger partial charge on any atom is 0.220 e. The fourth-order valence-electron chi connectivity index (χ4n) is 4.30. The molecule has 0 unspecified atom stereocenters. The lowest BCUT2D eigenvalue weighted by Gasteiger charge is -2.06. The third kappa shape index (κ3) is 6.87. The van der Waals surface area contributed by atoms with Crippen LogP contribution in [0.3, 0.4) is 0 Å². The third-order valence-corrected chi connectivity index (χ3v) is 6.19. The zero-order valence-corrected chi connectivity index (χ0v) is 20.2. The van der Waals surface area contributed by atoms with Crippen molar-refractivity contribution in [3.63, 3.8) is 0 Å². The first-order chi connectivity index (χ1) is 17.2. The summed E-state index contributed by atoms with van der Waals surface area (Å²) in [6.45, 7) is 1.95. The molecule has 0 aliphatic heterocycles. The number of carbonyl (C=O) groups is 1. The Balaban J connectivity index is 1.45. The van der Waals surface area contributed by atoms with Crippen LogP contribution < -0.4 is 15.6 Å². The number of nitrogens with two attached hydrogens (primary N) is 1. The summed E-state index contributed by atoms with van der Waals surface area (Å²) >= 11 is 0. The molecule has 0 fully saturated rings. The molecule has 4 rings (SSSR count). The first-order valence-corrected chi connectivity index (χ1v) is 12.5. The molecule has 0 bridgehead atoms. The van der Waals surface area contributed by atoms with Gasteiger partial charge >= 0.3 is 0 Å². The van der Waals surface area contributed by atoms with Gasteiger partial charge in [0.15, 0.2) is 0 Å². The van der Waals surface area contributed by atoms with Crippen molar-refractivity contribution in [2.24, 2.45) is 5.73 Å². The average molecular weight is 465 g/mol. The molecule has 4 aromatic rings. The van der Waals surface area contributed by atoms with E-state index in [2.05, 4.69) is 107 Å². The lowest BCUT2D eigenvalue weighted by molar-refractivity contribution is -0.673. The van der Waals surface area contributed by atoms with Gasteiger partial charge in [0.05, 0.1) is 0 Å². The van der Waals surface area contributed by atoms with Gasteiger partial charge in [0.1, 0.15) is 6.54 Å². The number of unbranched alkanes of at least 4 members (excludes halogenated alkanes) is 2. The van der Waals surface area contributed by atoms with Crippen molar-refractivity contribution in [2.75, 3.05) is 13.1 Å². The lowest BCUT2D eigenvalue weighted by atomic mass is 10.0. The molecule has 4 nitrogen and oxygen atoms in total. The molecule has 0 aliphatic carbocycles. The molecule has 4 heteroatoms. The Morgan fingerprint density at radius 3 is 2.31 bits per heavy atom. The van der Waals surface area contributed by atoms with Gasteiger partial charge in [-0.2, -0.15) is 4.57 Å². The quantitative estimate of drug-likeness (QED) is 0.224. The molecular formula is C31H34N3O+. The van der Waals surface area contributed by atoms with Crippen LogP contribution in [-0.2, 0) is 11.3 Å². The van der Waals surface area contributed by atoms with Crippen LogP contribution in [0.15, 0.2) is 91.0 Å². The molecular weight excluding hydrogens is 430 g/mol. The Kier molecular flexibility index (Phi) is 8.79. The molecule has 1 aromatic heterocycles. The first-order valence-electron chi connectivity index (χ1n) is 12.5. The topological polar surface area (TPSA) is 59.0 Å². The van der Waals surface area contributed by atoms with Crippen LogP contribution in [0.1, 0.15) is 36.9 Å². The van der Waals surface area contributed by atoms with Crippen LogP contribution in [-0.4, -0.2) is 19.0 Å². The molecule has 0 atom stereocenters. The van der Waals surface area contributed by atoms with Gasteiger partial charge in [0.2, 0.25) is 17.1 Å². The number of rotatable bonds is 11. The fourth-order valence-corrected chi connectivity index (χ4v) is 4.30. The van der Waals surface area contributed by atoms with Crippen molar-refractivity contribution in [3.05, 3.63) is 102 Å². The molecule has 178 valence electrons. The number of aryl methyl sites for hydroxylation is 1. The molecule has 3 aromatic carbocycles. The van der Waals surface area contributed by atoms with Crippen LogP contribution in [0, 0.1) is 0 Å². The lowest BCUT2D eigenvalue weighted by Crippen LogP contribution is -2.38. The standard InChI is InChI=1S/C31H33N3O/c32-22-23-33-31(35)13-5-2-8-24-34-29(21-19-28-11-6-7-12-30(28)34)20-16-25-14-17-27(18-15-25)26-9-3-1-4-10-26/h1,3-4,6-7,9-12,14-21H,2,5,8,13,22-24,32H2/p+1/b20-16+. The minimum Gasteiger partial charge on any atom is -0.355 e. The summed E-state index contributed by atoms with van der Waals surface area (Å²) in [6, 6.07) is 32.0. The van der Waals surface area contributed by atoms with Crippen LogP contribution in [0.2, 0.25) is 0 Å². The largest absolute Gasteiger partial charge is 0.355 e. The Bertz CT molecular complexity index is 1260. The zero-order chi connectivity index (χ0) is 24.3. The monoisotopic (exact) mass is 464 g/mol. The molecule has 0 aliphatic rings. The van der Waals surface area contributed by atoms with E-state index in [4.69, 9.17) is 5.73 Å². The number of amides is 1. The van der Waals surface area contributed by atoms with E-state index in [1.54, 1.807) is 0 Å². The van der Waals surface area contributed by atoms with Crippen LogP contribution in [0.25, 0.3) is 34.2 Å².